The van der Waals surface area contributed by atoms with Crippen LogP contribution in [0.15, 0.2) is 34.8 Å². The third kappa shape index (κ3) is 4.28. The van der Waals surface area contributed by atoms with E-state index < -0.39 is 18.5 Å². The van der Waals surface area contributed by atoms with E-state index in [1.165, 1.54) is 12.1 Å². The number of hydrogen-bond acceptors (Lipinski definition) is 5. The highest BCUT2D eigenvalue weighted by Crippen LogP contribution is 2.38. The molecule has 3 rings (SSSR count). The summed E-state index contributed by atoms with van der Waals surface area (Å²) < 4.78 is 16.6. The standard InChI is InChI=1S/C18H15BrClNO5/c1-10-2-3-14(12(19)6-10)21-16(22)9-26-18(23)11-7-13(20)17-15(8-11)24-4-5-25-17/h2-3,6-8H,4-5,9H2,1H3,(H,21,22). The van der Waals surface area contributed by atoms with Crippen LogP contribution in [0, 0.1) is 6.92 Å². The van der Waals surface area contributed by atoms with Gasteiger partial charge in [-0.05, 0) is 52.7 Å². The lowest BCUT2D eigenvalue weighted by Gasteiger charge is -2.19. The van der Waals surface area contributed by atoms with Crippen molar-refractivity contribution >= 4 is 45.1 Å². The second kappa shape index (κ2) is 7.97. The minimum Gasteiger partial charge on any atom is -0.486 e. The first-order valence-corrected chi connectivity index (χ1v) is 8.93. The van der Waals surface area contributed by atoms with Crippen LogP contribution in [0.25, 0.3) is 0 Å². The molecule has 0 spiro atoms. The SMILES string of the molecule is Cc1ccc(NC(=O)COC(=O)c2cc(Cl)c3c(c2)OCCO3)c(Br)c1. The van der Waals surface area contributed by atoms with Crippen LogP contribution < -0.4 is 14.8 Å². The fourth-order valence-corrected chi connectivity index (χ4v) is 3.21. The van der Waals surface area contributed by atoms with Crippen LogP contribution in [0.3, 0.4) is 0 Å². The van der Waals surface area contributed by atoms with Crippen molar-refractivity contribution in [2.24, 2.45) is 0 Å². The number of aryl methyl sites for hydroxylation is 1. The lowest BCUT2D eigenvalue weighted by Crippen LogP contribution is -2.21. The van der Waals surface area contributed by atoms with Gasteiger partial charge in [-0.25, -0.2) is 4.79 Å². The molecule has 136 valence electrons. The molecular weight excluding hydrogens is 426 g/mol. The molecule has 1 N–H and O–H groups in total. The first-order valence-electron chi connectivity index (χ1n) is 7.76. The average molecular weight is 441 g/mol. The maximum Gasteiger partial charge on any atom is 0.338 e. The Labute approximate surface area is 163 Å². The number of hydrogen-bond donors (Lipinski definition) is 1. The maximum absolute atomic E-state index is 12.2. The molecule has 0 saturated heterocycles. The van der Waals surface area contributed by atoms with Crippen LogP contribution in [0.4, 0.5) is 5.69 Å². The maximum atomic E-state index is 12.2. The van der Waals surface area contributed by atoms with Crippen molar-refractivity contribution in [3.63, 3.8) is 0 Å². The van der Waals surface area contributed by atoms with E-state index >= 15 is 0 Å². The van der Waals surface area contributed by atoms with E-state index in [-0.39, 0.29) is 10.6 Å². The van der Waals surface area contributed by atoms with E-state index in [9.17, 15) is 9.59 Å². The summed E-state index contributed by atoms with van der Waals surface area (Å²) in [5.74, 6) is -0.353. The second-order valence-electron chi connectivity index (χ2n) is 5.59. The fraction of sp³-hybridized carbons (Fsp3) is 0.222. The highest BCUT2D eigenvalue weighted by molar-refractivity contribution is 9.10. The Balaban J connectivity index is 1.61. The minimum absolute atomic E-state index is 0.184. The van der Waals surface area contributed by atoms with E-state index in [0.29, 0.717) is 30.4 Å². The van der Waals surface area contributed by atoms with Gasteiger partial charge in [0, 0.05) is 4.47 Å². The molecule has 0 bridgehead atoms. The highest BCUT2D eigenvalue weighted by Gasteiger charge is 2.20. The normalized spacial score (nSPS) is 12.4. The number of benzene rings is 2. The van der Waals surface area contributed by atoms with Crippen molar-refractivity contribution in [2.45, 2.75) is 6.92 Å². The summed E-state index contributed by atoms with van der Waals surface area (Å²) in [4.78, 5) is 24.2. The zero-order valence-electron chi connectivity index (χ0n) is 13.8. The third-order valence-electron chi connectivity index (χ3n) is 3.57. The van der Waals surface area contributed by atoms with Crippen LogP contribution >= 0.6 is 27.5 Å². The third-order valence-corrected chi connectivity index (χ3v) is 4.50. The molecule has 0 unspecified atom stereocenters. The summed E-state index contributed by atoms with van der Waals surface area (Å²) >= 11 is 9.47. The van der Waals surface area contributed by atoms with Gasteiger partial charge in [-0.15, -0.1) is 0 Å². The smallest absolute Gasteiger partial charge is 0.338 e. The van der Waals surface area contributed by atoms with Gasteiger partial charge in [-0.2, -0.15) is 0 Å². The molecule has 8 heteroatoms. The van der Waals surface area contributed by atoms with Crippen LogP contribution in [-0.4, -0.2) is 31.7 Å². The van der Waals surface area contributed by atoms with Crippen LogP contribution in [0.5, 0.6) is 11.5 Å². The Bertz CT molecular complexity index is 871. The van der Waals surface area contributed by atoms with Gasteiger partial charge >= 0.3 is 5.97 Å². The fourth-order valence-electron chi connectivity index (χ4n) is 2.35. The number of esters is 1. The number of carbonyl (C=O) groups excluding carboxylic acids is 2. The molecule has 0 aromatic heterocycles. The Kier molecular flexibility index (Phi) is 5.68. The largest absolute Gasteiger partial charge is 0.486 e. The predicted octanol–water partition coefficient (Wildman–Crippen LogP) is 3.98. The van der Waals surface area contributed by atoms with Gasteiger partial charge in [-0.3, -0.25) is 4.79 Å². The molecule has 0 saturated carbocycles. The van der Waals surface area contributed by atoms with Crippen molar-refractivity contribution in [1.82, 2.24) is 0 Å². The van der Waals surface area contributed by atoms with Crippen molar-refractivity contribution in [3.05, 3.63) is 51.0 Å². The highest BCUT2D eigenvalue weighted by atomic mass is 79.9. The van der Waals surface area contributed by atoms with E-state index in [1.807, 2.05) is 19.1 Å². The topological polar surface area (TPSA) is 73.9 Å². The van der Waals surface area contributed by atoms with Crippen molar-refractivity contribution in [1.29, 1.82) is 0 Å². The predicted molar refractivity (Wildman–Crippen MR) is 100 cm³/mol. The summed E-state index contributed by atoms with van der Waals surface area (Å²) in [5.41, 5.74) is 1.83. The lowest BCUT2D eigenvalue weighted by atomic mass is 10.2. The first-order chi connectivity index (χ1) is 12.4. The van der Waals surface area contributed by atoms with Gasteiger partial charge in [0.05, 0.1) is 16.3 Å². The molecule has 6 nitrogen and oxygen atoms in total. The van der Waals surface area contributed by atoms with Crippen molar-refractivity contribution < 1.29 is 23.8 Å². The summed E-state index contributed by atoms with van der Waals surface area (Å²) in [7, 11) is 0. The number of anilines is 1. The van der Waals surface area contributed by atoms with E-state index in [4.69, 9.17) is 25.8 Å². The molecule has 1 amide bonds. The monoisotopic (exact) mass is 439 g/mol. The van der Waals surface area contributed by atoms with Gasteiger partial charge in [0.2, 0.25) is 0 Å². The number of rotatable bonds is 4. The van der Waals surface area contributed by atoms with E-state index in [1.54, 1.807) is 6.07 Å². The Morgan fingerprint density at radius 3 is 2.77 bits per heavy atom. The van der Waals surface area contributed by atoms with E-state index in [0.717, 1.165) is 10.0 Å². The Morgan fingerprint density at radius 1 is 1.23 bits per heavy atom. The van der Waals surface area contributed by atoms with Crippen molar-refractivity contribution in [2.75, 3.05) is 25.1 Å². The minimum atomic E-state index is -0.679. The quantitative estimate of drug-likeness (QED) is 0.728. The van der Waals surface area contributed by atoms with Gasteiger partial charge < -0.3 is 19.5 Å². The molecule has 0 aliphatic carbocycles. The molecule has 0 atom stereocenters. The first kappa shape index (κ1) is 18.5. The Hall–Kier alpha value is -2.25. The molecule has 1 aliphatic heterocycles. The van der Waals surface area contributed by atoms with Crippen LogP contribution in [-0.2, 0) is 9.53 Å². The number of ether oxygens (including phenoxy) is 3. The average Bonchev–Trinajstić information content (AvgIpc) is 2.62. The summed E-state index contributed by atoms with van der Waals surface area (Å²) in [6, 6.07) is 8.41. The molecule has 0 radical (unpaired) electrons. The van der Waals surface area contributed by atoms with Gasteiger partial charge in [0.15, 0.2) is 18.1 Å². The van der Waals surface area contributed by atoms with Gasteiger partial charge in [0.25, 0.3) is 5.91 Å². The Morgan fingerprint density at radius 2 is 2.00 bits per heavy atom. The van der Waals surface area contributed by atoms with Gasteiger partial charge in [0.1, 0.15) is 13.2 Å². The zero-order chi connectivity index (χ0) is 18.7. The molecule has 2 aromatic rings. The molecular formula is C18H15BrClNO5. The number of nitrogens with one attached hydrogen (secondary N) is 1. The molecule has 2 aromatic carbocycles. The summed E-state index contributed by atoms with van der Waals surface area (Å²) in [6.45, 7) is 2.28. The summed E-state index contributed by atoms with van der Waals surface area (Å²) in [5, 5.41) is 2.92. The van der Waals surface area contributed by atoms with Gasteiger partial charge in [-0.1, -0.05) is 17.7 Å². The number of fused-ring (bicyclic) bond motifs is 1. The van der Waals surface area contributed by atoms with Crippen LogP contribution in [0.2, 0.25) is 5.02 Å². The molecule has 0 fully saturated rings. The molecule has 26 heavy (non-hydrogen) atoms. The number of halogens is 2. The summed E-state index contributed by atoms with van der Waals surface area (Å²) in [6.07, 6.45) is 0. The second-order valence-corrected chi connectivity index (χ2v) is 6.85. The van der Waals surface area contributed by atoms with Crippen LogP contribution in [0.1, 0.15) is 15.9 Å². The zero-order valence-corrected chi connectivity index (χ0v) is 16.1. The number of amides is 1. The lowest BCUT2D eigenvalue weighted by molar-refractivity contribution is -0.119. The molecule has 1 aliphatic rings. The molecule has 1 heterocycles. The van der Waals surface area contributed by atoms with E-state index in [2.05, 4.69) is 21.2 Å². The number of carbonyl (C=O) groups is 2. The van der Waals surface area contributed by atoms with Crippen molar-refractivity contribution in [3.8, 4) is 11.5 Å².